The Morgan fingerprint density at radius 1 is 1.25 bits per heavy atom. The van der Waals surface area contributed by atoms with E-state index in [4.69, 9.17) is 4.63 Å². The van der Waals surface area contributed by atoms with Gasteiger partial charge in [0, 0.05) is 19.6 Å². The Bertz CT molecular complexity index is 1370. The molecule has 3 heterocycles. The summed E-state index contributed by atoms with van der Waals surface area (Å²) in [6.07, 6.45) is -2.34. The third-order valence-corrected chi connectivity index (χ3v) is 6.48. The van der Waals surface area contributed by atoms with E-state index in [2.05, 4.69) is 35.7 Å². The maximum absolute atomic E-state index is 13.6. The fourth-order valence-corrected chi connectivity index (χ4v) is 3.70. The van der Waals surface area contributed by atoms with E-state index in [-0.39, 0.29) is 30.6 Å². The van der Waals surface area contributed by atoms with Gasteiger partial charge in [-0.1, -0.05) is 11.2 Å². The first-order chi connectivity index (χ1) is 18.7. The standard InChI is InChI=1S/C19H19F2N7O3.C5H9F3O/c20-19(21)8-23-18(30)28(9-19)7-10-1-4-12-13(5-10)25-14(24-12)6-22-17(29)16-15(11-2-3-11)26-31-27-16;1-4(2,9-3)5(6,7)8/h1,4-5,11H,2-3,6-9H2,(H,22,29)(H,23,30)(H,24,25);1-3H3. The molecule has 40 heavy (non-hydrogen) atoms. The summed E-state index contributed by atoms with van der Waals surface area (Å²) >= 11 is 0. The summed E-state index contributed by atoms with van der Waals surface area (Å²) in [5.41, 5.74) is 0.766. The van der Waals surface area contributed by atoms with Crippen molar-refractivity contribution in [2.24, 2.45) is 0 Å². The number of methoxy groups -OCH3 is 1. The van der Waals surface area contributed by atoms with Gasteiger partial charge in [-0.3, -0.25) is 4.79 Å². The first-order valence-corrected chi connectivity index (χ1v) is 12.3. The third kappa shape index (κ3) is 6.84. The minimum absolute atomic E-state index is 0.0472. The smallest absolute Gasteiger partial charge is 0.369 e. The van der Waals surface area contributed by atoms with Gasteiger partial charge in [0.2, 0.25) is 0 Å². The molecule has 0 radical (unpaired) electrons. The number of urea groups is 1. The third-order valence-electron chi connectivity index (χ3n) is 6.48. The van der Waals surface area contributed by atoms with Gasteiger partial charge >= 0.3 is 12.2 Å². The first kappa shape index (κ1) is 29.2. The number of imidazole rings is 1. The SMILES string of the molecule is COC(C)(C)C(F)(F)F.O=C(NCc1nc2ccc(CN3CC(F)(F)CNC3=O)cc2[nH]1)c1nonc1C1CC1. The van der Waals surface area contributed by atoms with Crippen molar-refractivity contribution >= 4 is 23.0 Å². The van der Waals surface area contributed by atoms with Crippen molar-refractivity contribution in [3.8, 4) is 0 Å². The molecule has 0 spiro atoms. The number of alkyl halides is 5. The van der Waals surface area contributed by atoms with Gasteiger partial charge in [-0.25, -0.2) is 23.2 Å². The maximum atomic E-state index is 13.6. The summed E-state index contributed by atoms with van der Waals surface area (Å²) in [4.78, 5) is 32.9. The van der Waals surface area contributed by atoms with Crippen molar-refractivity contribution in [1.82, 2.24) is 35.8 Å². The number of amides is 3. The van der Waals surface area contributed by atoms with E-state index in [1.165, 1.54) is 0 Å². The lowest BCUT2D eigenvalue weighted by Gasteiger charge is -2.32. The van der Waals surface area contributed by atoms with Crippen molar-refractivity contribution in [2.45, 2.75) is 63.4 Å². The second-order valence-electron chi connectivity index (χ2n) is 10.1. The number of carbonyl (C=O) groups is 2. The molecular formula is C24H28F5N7O4. The number of ether oxygens (including phenoxy) is 1. The minimum atomic E-state index is -4.28. The van der Waals surface area contributed by atoms with Crippen LogP contribution in [-0.4, -0.2) is 75.0 Å². The van der Waals surface area contributed by atoms with E-state index in [0.29, 0.717) is 28.1 Å². The zero-order chi connectivity index (χ0) is 29.3. The molecule has 1 saturated heterocycles. The molecule has 0 bridgehead atoms. The van der Waals surface area contributed by atoms with Crippen LogP contribution in [0.3, 0.4) is 0 Å². The van der Waals surface area contributed by atoms with Crippen LogP contribution in [0.1, 0.15) is 60.2 Å². The van der Waals surface area contributed by atoms with Gasteiger partial charge in [-0.15, -0.1) is 0 Å². The fourth-order valence-electron chi connectivity index (χ4n) is 3.70. The van der Waals surface area contributed by atoms with Crippen LogP contribution >= 0.6 is 0 Å². The molecule has 3 aromatic rings. The Hall–Kier alpha value is -3.82. The highest BCUT2D eigenvalue weighted by molar-refractivity contribution is 5.93. The number of nitrogens with one attached hydrogen (secondary N) is 3. The van der Waals surface area contributed by atoms with Crippen LogP contribution in [0.15, 0.2) is 22.8 Å². The molecule has 2 fully saturated rings. The molecule has 3 amide bonds. The molecule has 0 unspecified atom stereocenters. The normalized spacial score (nSPS) is 17.3. The van der Waals surface area contributed by atoms with Gasteiger partial charge < -0.3 is 25.3 Å². The monoisotopic (exact) mass is 573 g/mol. The van der Waals surface area contributed by atoms with Crippen LogP contribution in [-0.2, 0) is 17.8 Å². The van der Waals surface area contributed by atoms with Crippen molar-refractivity contribution in [1.29, 1.82) is 0 Å². The predicted molar refractivity (Wildman–Crippen MR) is 129 cm³/mol. The average Bonchev–Trinajstić information content (AvgIpc) is 3.45. The van der Waals surface area contributed by atoms with Gasteiger partial charge in [-0.05, 0) is 49.5 Å². The lowest BCUT2D eigenvalue weighted by atomic mass is 10.1. The molecule has 16 heteroatoms. The molecular weight excluding hydrogens is 545 g/mol. The van der Waals surface area contributed by atoms with Crippen LogP contribution in [0.2, 0.25) is 0 Å². The number of aromatic nitrogens is 4. The number of rotatable bonds is 7. The molecule has 2 aliphatic rings. The van der Waals surface area contributed by atoms with Crippen LogP contribution in [0, 0.1) is 0 Å². The fraction of sp³-hybridized carbons (Fsp3) is 0.542. The summed E-state index contributed by atoms with van der Waals surface area (Å²) in [5, 5.41) is 12.4. The van der Waals surface area contributed by atoms with Crippen LogP contribution in [0.5, 0.6) is 0 Å². The van der Waals surface area contributed by atoms with E-state index in [9.17, 15) is 31.5 Å². The number of fused-ring (bicyclic) bond motifs is 1. The summed E-state index contributed by atoms with van der Waals surface area (Å²) in [5.74, 6) is -2.59. The second-order valence-corrected chi connectivity index (χ2v) is 10.1. The van der Waals surface area contributed by atoms with Gasteiger partial charge in [0.05, 0.1) is 30.7 Å². The Labute approximate surface area is 224 Å². The van der Waals surface area contributed by atoms with Crippen LogP contribution in [0.4, 0.5) is 26.7 Å². The maximum Gasteiger partial charge on any atom is 0.416 e. The summed E-state index contributed by atoms with van der Waals surface area (Å²) in [7, 11) is 1.04. The topological polar surface area (TPSA) is 138 Å². The van der Waals surface area contributed by atoms with Crippen molar-refractivity contribution < 1.29 is 40.9 Å². The lowest BCUT2D eigenvalue weighted by molar-refractivity contribution is -0.255. The largest absolute Gasteiger partial charge is 0.416 e. The summed E-state index contributed by atoms with van der Waals surface area (Å²) in [6.45, 7) is 0.868. The highest BCUT2D eigenvalue weighted by Crippen LogP contribution is 2.40. The molecule has 2 aromatic heterocycles. The first-order valence-electron chi connectivity index (χ1n) is 12.3. The zero-order valence-corrected chi connectivity index (χ0v) is 21.9. The number of carbonyl (C=O) groups excluding carboxylic acids is 2. The molecule has 1 saturated carbocycles. The molecule has 1 aliphatic heterocycles. The number of halogens is 5. The van der Waals surface area contributed by atoms with Crippen molar-refractivity contribution in [3.63, 3.8) is 0 Å². The summed E-state index contributed by atoms with van der Waals surface area (Å²) in [6, 6.07) is 4.70. The highest BCUT2D eigenvalue weighted by atomic mass is 19.4. The Morgan fingerprint density at radius 2 is 1.98 bits per heavy atom. The summed E-state index contributed by atoms with van der Waals surface area (Å²) < 4.78 is 71.2. The molecule has 1 aromatic carbocycles. The van der Waals surface area contributed by atoms with E-state index < -0.39 is 36.8 Å². The van der Waals surface area contributed by atoms with Crippen LogP contribution in [0.25, 0.3) is 11.0 Å². The highest BCUT2D eigenvalue weighted by Gasteiger charge is 2.47. The van der Waals surface area contributed by atoms with Crippen LogP contribution < -0.4 is 10.6 Å². The Kier molecular flexibility index (Phi) is 8.01. The number of nitrogens with zero attached hydrogens (tertiary/aromatic N) is 4. The number of hydrogen-bond donors (Lipinski definition) is 3. The molecule has 3 N–H and O–H groups in total. The van der Waals surface area contributed by atoms with E-state index in [1.54, 1.807) is 18.2 Å². The number of H-pyrrole nitrogens is 1. The van der Waals surface area contributed by atoms with Crippen molar-refractivity contribution in [2.75, 3.05) is 20.2 Å². The Morgan fingerprint density at radius 3 is 2.60 bits per heavy atom. The van der Waals surface area contributed by atoms with Gasteiger partial charge in [0.1, 0.15) is 11.5 Å². The molecule has 11 nitrogen and oxygen atoms in total. The molecule has 5 rings (SSSR count). The van der Waals surface area contributed by atoms with E-state index >= 15 is 0 Å². The zero-order valence-electron chi connectivity index (χ0n) is 21.9. The lowest BCUT2D eigenvalue weighted by Crippen LogP contribution is -2.56. The number of benzene rings is 1. The average molecular weight is 574 g/mol. The molecule has 1 aliphatic carbocycles. The van der Waals surface area contributed by atoms with E-state index in [0.717, 1.165) is 38.7 Å². The van der Waals surface area contributed by atoms with Gasteiger partial charge in [0.15, 0.2) is 11.3 Å². The number of hydrogen-bond acceptors (Lipinski definition) is 7. The second kappa shape index (κ2) is 11.0. The van der Waals surface area contributed by atoms with Gasteiger partial charge in [-0.2, -0.15) is 13.2 Å². The quantitative estimate of drug-likeness (QED) is 0.365. The minimum Gasteiger partial charge on any atom is -0.369 e. The van der Waals surface area contributed by atoms with E-state index in [1.807, 2.05) is 0 Å². The molecule has 0 atom stereocenters. The molecule has 218 valence electrons. The number of aromatic amines is 1. The Balaban J connectivity index is 0.000000357. The van der Waals surface area contributed by atoms with Crippen molar-refractivity contribution in [3.05, 3.63) is 41.0 Å². The van der Waals surface area contributed by atoms with Gasteiger partial charge in [0.25, 0.3) is 11.8 Å². The predicted octanol–water partition coefficient (Wildman–Crippen LogP) is 3.89.